The molecule has 0 radical (unpaired) electrons. The maximum Gasteiger partial charge on any atom is 0.337 e. The Hall–Kier alpha value is -2.01. The van der Waals surface area contributed by atoms with Crippen molar-refractivity contribution in [3.63, 3.8) is 0 Å². The zero-order chi connectivity index (χ0) is 12.3. The van der Waals surface area contributed by atoms with Crippen molar-refractivity contribution in [3.05, 3.63) is 47.0 Å². The summed E-state index contributed by atoms with van der Waals surface area (Å²) in [6.07, 6.45) is 4.54. The van der Waals surface area contributed by atoms with Crippen LogP contribution in [0, 0.1) is 0 Å². The Balaban J connectivity index is 2.16. The predicted molar refractivity (Wildman–Crippen MR) is 62.2 cm³/mol. The quantitative estimate of drug-likeness (QED) is 0.875. The van der Waals surface area contributed by atoms with Crippen molar-refractivity contribution in [3.8, 4) is 0 Å². The monoisotopic (exact) mass is 252 g/mol. The topological polar surface area (TPSA) is 75.4 Å². The highest BCUT2D eigenvalue weighted by atomic mass is 35.5. The van der Waals surface area contributed by atoms with Crippen LogP contribution < -0.4 is 5.32 Å². The molecule has 0 spiro atoms. The fourth-order valence-corrected chi connectivity index (χ4v) is 1.57. The summed E-state index contributed by atoms with van der Waals surface area (Å²) in [5.41, 5.74) is 0.944. The van der Waals surface area contributed by atoms with Crippen molar-refractivity contribution in [1.29, 1.82) is 0 Å². The highest BCUT2D eigenvalue weighted by Gasteiger charge is 2.12. The fourth-order valence-electron chi connectivity index (χ4n) is 1.31. The number of hydrogen-bond donors (Lipinski definition) is 2. The molecule has 5 nitrogen and oxygen atoms in total. The van der Waals surface area contributed by atoms with Crippen molar-refractivity contribution in [2.45, 2.75) is 6.54 Å². The van der Waals surface area contributed by atoms with Crippen molar-refractivity contribution in [2.75, 3.05) is 5.32 Å². The van der Waals surface area contributed by atoms with Gasteiger partial charge in [-0.1, -0.05) is 11.6 Å². The number of aromatic carboxylic acids is 1. The van der Waals surface area contributed by atoms with Gasteiger partial charge in [0.1, 0.15) is 5.82 Å². The lowest BCUT2D eigenvalue weighted by Gasteiger charge is -2.07. The van der Waals surface area contributed by atoms with E-state index in [1.807, 2.05) is 0 Å². The molecule has 0 aliphatic carbocycles. The van der Waals surface area contributed by atoms with Crippen molar-refractivity contribution in [1.82, 2.24) is 4.98 Å². The van der Waals surface area contributed by atoms with Crippen LogP contribution in [0.5, 0.6) is 0 Å². The molecule has 2 heterocycles. The second kappa shape index (κ2) is 4.88. The van der Waals surface area contributed by atoms with E-state index in [4.69, 9.17) is 21.1 Å². The number of anilines is 1. The van der Waals surface area contributed by atoms with E-state index in [0.717, 1.165) is 5.56 Å². The van der Waals surface area contributed by atoms with E-state index in [2.05, 4.69) is 10.3 Å². The van der Waals surface area contributed by atoms with E-state index in [0.29, 0.717) is 12.4 Å². The minimum Gasteiger partial charge on any atom is -0.478 e. The number of hydrogen-bond acceptors (Lipinski definition) is 4. The van der Waals surface area contributed by atoms with Gasteiger partial charge in [0.15, 0.2) is 0 Å². The van der Waals surface area contributed by atoms with Gasteiger partial charge in [-0.3, -0.25) is 0 Å². The molecule has 0 saturated carbocycles. The van der Waals surface area contributed by atoms with Crippen molar-refractivity contribution in [2.24, 2.45) is 0 Å². The SMILES string of the molecule is O=C(O)c1ccnc(NCc2ccoc2)c1Cl. The number of furan rings is 1. The van der Waals surface area contributed by atoms with E-state index < -0.39 is 5.97 Å². The van der Waals surface area contributed by atoms with Crippen LogP contribution in [0.4, 0.5) is 5.82 Å². The lowest BCUT2D eigenvalue weighted by Crippen LogP contribution is -2.05. The van der Waals surface area contributed by atoms with E-state index in [1.54, 1.807) is 18.6 Å². The van der Waals surface area contributed by atoms with Gasteiger partial charge in [0.2, 0.25) is 0 Å². The van der Waals surface area contributed by atoms with E-state index >= 15 is 0 Å². The van der Waals surface area contributed by atoms with Gasteiger partial charge in [0.25, 0.3) is 0 Å². The molecule has 2 N–H and O–H groups in total. The van der Waals surface area contributed by atoms with Crippen LogP contribution in [0.3, 0.4) is 0 Å². The summed E-state index contributed by atoms with van der Waals surface area (Å²) in [6.45, 7) is 0.465. The molecule has 2 aromatic heterocycles. The molecule has 0 unspecified atom stereocenters. The molecule has 0 aliphatic heterocycles. The zero-order valence-corrected chi connectivity index (χ0v) is 9.44. The van der Waals surface area contributed by atoms with Crippen LogP contribution in [-0.2, 0) is 6.54 Å². The Bertz CT molecular complexity index is 526. The predicted octanol–water partition coefficient (Wildman–Crippen LogP) is 2.64. The summed E-state index contributed by atoms with van der Waals surface area (Å²) in [5, 5.41) is 11.9. The molecule has 17 heavy (non-hydrogen) atoms. The summed E-state index contributed by atoms with van der Waals surface area (Å²) in [4.78, 5) is 14.8. The first kappa shape index (κ1) is 11.5. The maximum atomic E-state index is 10.9. The van der Waals surface area contributed by atoms with Gasteiger partial charge < -0.3 is 14.8 Å². The van der Waals surface area contributed by atoms with Crippen molar-refractivity contribution >= 4 is 23.4 Å². The molecule has 88 valence electrons. The number of pyridine rings is 1. The highest BCUT2D eigenvalue weighted by molar-refractivity contribution is 6.35. The standard InChI is InChI=1S/C11H9ClN2O3/c12-9-8(11(15)16)1-3-13-10(9)14-5-7-2-4-17-6-7/h1-4,6H,5H2,(H,13,14)(H,15,16). The molecular weight excluding hydrogens is 244 g/mol. The number of aromatic nitrogens is 1. The number of halogens is 1. The van der Waals surface area contributed by atoms with Gasteiger partial charge in [-0.2, -0.15) is 0 Å². The molecule has 6 heteroatoms. The lowest BCUT2D eigenvalue weighted by atomic mass is 10.2. The molecule has 0 aliphatic rings. The zero-order valence-electron chi connectivity index (χ0n) is 8.68. The van der Waals surface area contributed by atoms with Crippen LogP contribution in [0.1, 0.15) is 15.9 Å². The summed E-state index contributed by atoms with van der Waals surface area (Å²) in [5.74, 6) is -0.739. The van der Waals surface area contributed by atoms with Gasteiger partial charge in [-0.05, 0) is 12.1 Å². The third-order valence-electron chi connectivity index (χ3n) is 2.16. The number of carbonyl (C=O) groups is 1. The number of carboxylic acids is 1. The first-order chi connectivity index (χ1) is 8.18. The first-order valence-corrected chi connectivity index (χ1v) is 5.19. The molecule has 2 aromatic rings. The third-order valence-corrected chi connectivity index (χ3v) is 2.54. The second-order valence-corrected chi connectivity index (χ2v) is 3.69. The Morgan fingerprint density at radius 2 is 2.35 bits per heavy atom. The fraction of sp³-hybridized carbons (Fsp3) is 0.0909. The van der Waals surface area contributed by atoms with Gasteiger partial charge >= 0.3 is 5.97 Å². The minimum absolute atomic E-state index is 0.0244. The van der Waals surface area contributed by atoms with Crippen LogP contribution in [0.15, 0.2) is 35.3 Å². The molecule has 0 amide bonds. The van der Waals surface area contributed by atoms with Gasteiger partial charge in [0, 0.05) is 18.3 Å². The highest BCUT2D eigenvalue weighted by Crippen LogP contribution is 2.23. The van der Waals surface area contributed by atoms with Gasteiger partial charge in [-0.15, -0.1) is 0 Å². The first-order valence-electron chi connectivity index (χ1n) is 4.81. The second-order valence-electron chi connectivity index (χ2n) is 3.31. The molecule has 0 saturated heterocycles. The van der Waals surface area contributed by atoms with Crippen LogP contribution in [0.2, 0.25) is 5.02 Å². The average molecular weight is 253 g/mol. The third kappa shape index (κ3) is 2.57. The smallest absolute Gasteiger partial charge is 0.337 e. The van der Waals surface area contributed by atoms with Crippen LogP contribution >= 0.6 is 11.6 Å². The largest absolute Gasteiger partial charge is 0.478 e. The summed E-state index contributed by atoms with van der Waals surface area (Å²) in [6, 6.07) is 3.15. The minimum atomic E-state index is -1.08. The molecule has 0 fully saturated rings. The molecule has 0 aromatic carbocycles. The van der Waals surface area contributed by atoms with Crippen LogP contribution in [0.25, 0.3) is 0 Å². The number of rotatable bonds is 4. The Morgan fingerprint density at radius 3 is 3.00 bits per heavy atom. The molecular formula is C11H9ClN2O3. The summed E-state index contributed by atoms with van der Waals surface area (Å²) < 4.78 is 4.91. The Labute approximate surface area is 102 Å². The van der Waals surface area contributed by atoms with Gasteiger partial charge in [0.05, 0.1) is 23.1 Å². The summed E-state index contributed by atoms with van der Waals surface area (Å²) >= 11 is 5.91. The maximum absolute atomic E-state index is 10.9. The summed E-state index contributed by atoms with van der Waals surface area (Å²) in [7, 11) is 0. The van der Waals surface area contributed by atoms with Crippen molar-refractivity contribution < 1.29 is 14.3 Å². The van der Waals surface area contributed by atoms with Gasteiger partial charge in [-0.25, -0.2) is 9.78 Å². The normalized spacial score (nSPS) is 10.2. The van der Waals surface area contributed by atoms with Crippen LogP contribution in [-0.4, -0.2) is 16.1 Å². The molecule has 0 bridgehead atoms. The lowest BCUT2D eigenvalue weighted by molar-refractivity contribution is 0.0697. The molecule has 0 atom stereocenters. The number of carboxylic acid groups (broad SMARTS) is 1. The average Bonchev–Trinajstić information content (AvgIpc) is 2.80. The molecule has 2 rings (SSSR count). The number of nitrogens with zero attached hydrogens (tertiary/aromatic N) is 1. The Morgan fingerprint density at radius 1 is 1.53 bits per heavy atom. The van der Waals surface area contributed by atoms with E-state index in [1.165, 1.54) is 12.3 Å². The van der Waals surface area contributed by atoms with E-state index in [-0.39, 0.29) is 10.6 Å². The Kier molecular flexibility index (Phi) is 3.30. The number of nitrogens with one attached hydrogen (secondary N) is 1. The van der Waals surface area contributed by atoms with E-state index in [9.17, 15) is 4.79 Å².